The summed E-state index contributed by atoms with van der Waals surface area (Å²) in [6, 6.07) is 0. The molecule has 0 aromatic carbocycles. The van der Waals surface area contributed by atoms with Crippen molar-refractivity contribution in [3.05, 3.63) is 0 Å². The molecule has 0 amide bonds. The van der Waals surface area contributed by atoms with Crippen LogP contribution in [0, 0.1) is 0 Å². The number of aliphatic hydroxyl groups is 7. The number of esters is 2. The third-order valence-corrected chi connectivity index (χ3v) is 11.1. The second-order valence-electron chi connectivity index (χ2n) is 16.2. The number of ether oxygens (including phenoxy) is 6. The Morgan fingerprint density at radius 1 is 0.483 bits per heavy atom. The van der Waals surface area contributed by atoms with Gasteiger partial charge in [0.2, 0.25) is 0 Å². The summed E-state index contributed by atoms with van der Waals surface area (Å²) in [5.41, 5.74) is 0. The number of rotatable bonds is 34. The lowest BCUT2D eigenvalue weighted by Crippen LogP contribution is -2.61. The highest BCUT2D eigenvalue weighted by molar-refractivity contribution is 5.70. The maximum Gasteiger partial charge on any atom is 0.306 e. The van der Waals surface area contributed by atoms with E-state index in [2.05, 4.69) is 13.8 Å². The molecule has 2 rings (SSSR count). The van der Waals surface area contributed by atoms with Crippen LogP contribution in [0.3, 0.4) is 0 Å². The third kappa shape index (κ3) is 21.3. The normalized spacial score (nSPS) is 28.0. The quantitative estimate of drug-likeness (QED) is 0.0350. The van der Waals surface area contributed by atoms with Crippen LogP contribution in [0.25, 0.3) is 0 Å². The van der Waals surface area contributed by atoms with Crippen LogP contribution in [0.4, 0.5) is 0 Å². The lowest BCUT2D eigenvalue weighted by Gasteiger charge is -2.42. The summed E-state index contributed by atoms with van der Waals surface area (Å²) in [6.45, 7) is 2.53. The Hall–Kier alpha value is -1.50. The Balaban J connectivity index is 1.83. The van der Waals surface area contributed by atoms with Gasteiger partial charge >= 0.3 is 11.9 Å². The van der Waals surface area contributed by atoms with Crippen LogP contribution >= 0.6 is 0 Å². The first-order chi connectivity index (χ1) is 28.0. The summed E-state index contributed by atoms with van der Waals surface area (Å²) < 4.78 is 33.4. The Kier molecular flexibility index (Phi) is 29.3. The summed E-state index contributed by atoms with van der Waals surface area (Å²) in [6.07, 6.45) is 8.87. The third-order valence-electron chi connectivity index (χ3n) is 11.1. The van der Waals surface area contributed by atoms with Crippen LogP contribution in [-0.2, 0) is 38.0 Å². The monoisotopic (exact) mass is 837 g/mol. The molecule has 7 N–H and O–H groups in total. The molecular formula is C43H80O15. The van der Waals surface area contributed by atoms with Gasteiger partial charge in [0.05, 0.1) is 19.8 Å². The second kappa shape index (κ2) is 32.2. The molecule has 0 spiro atoms. The number of hydrogen-bond acceptors (Lipinski definition) is 15. The summed E-state index contributed by atoms with van der Waals surface area (Å²) >= 11 is 0. The zero-order valence-corrected chi connectivity index (χ0v) is 35.5. The molecule has 0 aromatic rings. The molecule has 0 radical (unpaired) electrons. The lowest BCUT2D eigenvalue weighted by molar-refractivity contribution is -0.332. The minimum Gasteiger partial charge on any atom is -0.462 e. The van der Waals surface area contributed by atoms with Crippen molar-refractivity contribution in [2.24, 2.45) is 0 Å². The van der Waals surface area contributed by atoms with E-state index in [4.69, 9.17) is 28.4 Å². The van der Waals surface area contributed by atoms with E-state index in [1.807, 2.05) is 0 Å². The molecule has 0 aliphatic carbocycles. The highest BCUT2D eigenvalue weighted by Crippen LogP contribution is 2.26. The van der Waals surface area contributed by atoms with Crippen molar-refractivity contribution in [1.82, 2.24) is 0 Å². The molecule has 2 aliphatic rings. The molecule has 0 aromatic heterocycles. The van der Waals surface area contributed by atoms with E-state index in [0.29, 0.717) is 12.8 Å². The van der Waals surface area contributed by atoms with E-state index >= 15 is 0 Å². The Bertz CT molecular complexity index is 1030. The van der Waals surface area contributed by atoms with Crippen LogP contribution in [0.15, 0.2) is 0 Å². The molecule has 0 bridgehead atoms. The van der Waals surface area contributed by atoms with Crippen molar-refractivity contribution >= 4 is 11.9 Å². The van der Waals surface area contributed by atoms with Crippen molar-refractivity contribution in [2.75, 3.05) is 26.4 Å². The molecule has 342 valence electrons. The molecule has 11 atom stereocenters. The first-order valence-electron chi connectivity index (χ1n) is 22.6. The molecule has 0 saturated carbocycles. The van der Waals surface area contributed by atoms with Gasteiger partial charge in [-0.2, -0.15) is 0 Å². The van der Waals surface area contributed by atoms with Gasteiger partial charge in [0, 0.05) is 12.8 Å². The lowest BCUT2D eigenvalue weighted by atomic mass is 9.98. The highest BCUT2D eigenvalue weighted by Gasteiger charge is 2.47. The topological polar surface area (TPSA) is 231 Å². The first kappa shape index (κ1) is 52.6. The summed E-state index contributed by atoms with van der Waals surface area (Å²) in [5, 5.41) is 71.7. The van der Waals surface area contributed by atoms with E-state index in [9.17, 15) is 45.3 Å². The molecular weight excluding hydrogens is 756 g/mol. The van der Waals surface area contributed by atoms with Crippen LogP contribution in [-0.4, -0.2) is 142 Å². The van der Waals surface area contributed by atoms with Gasteiger partial charge in [-0.05, 0) is 12.8 Å². The van der Waals surface area contributed by atoms with E-state index in [1.165, 1.54) is 83.5 Å². The van der Waals surface area contributed by atoms with Crippen molar-refractivity contribution in [1.29, 1.82) is 0 Å². The predicted octanol–water partition coefficient (Wildman–Crippen LogP) is 4.48. The van der Waals surface area contributed by atoms with Crippen molar-refractivity contribution in [2.45, 2.75) is 235 Å². The standard InChI is InChI=1S/C43H80O15/c1-3-5-7-9-11-12-13-14-15-16-17-18-20-22-24-26-35(46)56-31(28-53-34(45)25-23-21-19-10-8-6-4-2)29-54-42-41(52)39(50)37(48)33(58-42)30-55-43-40(51)38(49)36(47)32(27-44)57-43/h31-33,36-44,47-52H,3-30H2,1-2H3. The number of carbonyl (C=O) groups excluding carboxylic acids is 2. The smallest absolute Gasteiger partial charge is 0.306 e. The zero-order chi connectivity index (χ0) is 42.5. The number of aliphatic hydroxyl groups excluding tert-OH is 7. The fourth-order valence-corrected chi connectivity index (χ4v) is 7.28. The number of unbranched alkanes of at least 4 members (excludes halogenated alkanes) is 20. The highest BCUT2D eigenvalue weighted by atomic mass is 16.7. The molecule has 58 heavy (non-hydrogen) atoms. The molecule has 2 saturated heterocycles. The summed E-state index contributed by atoms with van der Waals surface area (Å²) in [5.74, 6) is -0.923. The SMILES string of the molecule is CCCCCCCCCCCCCCCCCC(=O)OC(COC(=O)CCCCCCCCC)COC1OC(COC2OC(CO)C(O)C(O)C2O)C(O)C(O)C1O. The molecule has 15 heteroatoms. The van der Waals surface area contributed by atoms with Gasteiger partial charge in [-0.25, -0.2) is 0 Å². The molecule has 11 unspecified atom stereocenters. The van der Waals surface area contributed by atoms with Crippen LogP contribution in [0.1, 0.15) is 168 Å². The fourth-order valence-electron chi connectivity index (χ4n) is 7.28. The summed E-state index contributed by atoms with van der Waals surface area (Å²) in [7, 11) is 0. The fraction of sp³-hybridized carbons (Fsp3) is 0.953. The Morgan fingerprint density at radius 3 is 1.34 bits per heavy atom. The number of carbonyl (C=O) groups is 2. The van der Waals surface area contributed by atoms with Crippen LogP contribution < -0.4 is 0 Å². The zero-order valence-electron chi connectivity index (χ0n) is 35.5. The van der Waals surface area contributed by atoms with E-state index in [-0.39, 0.29) is 26.1 Å². The van der Waals surface area contributed by atoms with E-state index < -0.39 is 92.7 Å². The van der Waals surface area contributed by atoms with Gasteiger partial charge in [-0.1, -0.05) is 142 Å². The predicted molar refractivity (Wildman–Crippen MR) is 215 cm³/mol. The second-order valence-corrected chi connectivity index (χ2v) is 16.2. The Labute approximate surface area is 347 Å². The van der Waals surface area contributed by atoms with Gasteiger partial charge in [-0.3, -0.25) is 9.59 Å². The largest absolute Gasteiger partial charge is 0.462 e. The average molecular weight is 837 g/mol. The minimum absolute atomic E-state index is 0.172. The van der Waals surface area contributed by atoms with Crippen molar-refractivity contribution in [3.8, 4) is 0 Å². The van der Waals surface area contributed by atoms with Crippen LogP contribution in [0.5, 0.6) is 0 Å². The van der Waals surface area contributed by atoms with Crippen molar-refractivity contribution in [3.63, 3.8) is 0 Å². The molecule has 2 fully saturated rings. The van der Waals surface area contributed by atoms with Gasteiger partial charge < -0.3 is 64.2 Å². The molecule has 2 heterocycles. The van der Waals surface area contributed by atoms with Gasteiger partial charge in [0.15, 0.2) is 18.7 Å². The van der Waals surface area contributed by atoms with Crippen molar-refractivity contribution < 1.29 is 73.8 Å². The maximum absolute atomic E-state index is 12.9. The average Bonchev–Trinajstić information content (AvgIpc) is 3.21. The molecule has 2 aliphatic heterocycles. The van der Waals surface area contributed by atoms with E-state index in [1.54, 1.807) is 0 Å². The van der Waals surface area contributed by atoms with E-state index in [0.717, 1.165) is 44.9 Å². The van der Waals surface area contributed by atoms with Gasteiger partial charge in [0.25, 0.3) is 0 Å². The molecule has 15 nitrogen and oxygen atoms in total. The van der Waals surface area contributed by atoms with Crippen LogP contribution in [0.2, 0.25) is 0 Å². The minimum atomic E-state index is -1.76. The first-order valence-corrected chi connectivity index (χ1v) is 22.6. The summed E-state index contributed by atoms with van der Waals surface area (Å²) in [4.78, 5) is 25.5. The maximum atomic E-state index is 12.9. The number of hydrogen-bond donors (Lipinski definition) is 7. The Morgan fingerprint density at radius 2 is 0.879 bits per heavy atom. The van der Waals surface area contributed by atoms with Gasteiger partial charge in [-0.15, -0.1) is 0 Å². The van der Waals surface area contributed by atoms with Gasteiger partial charge in [0.1, 0.15) is 55.4 Å².